The minimum absolute atomic E-state index is 0.125. The average molecular weight is 951 g/mol. The summed E-state index contributed by atoms with van der Waals surface area (Å²) in [4.78, 5) is 9.84. The molecule has 1 atom stereocenters. The zero-order chi connectivity index (χ0) is 45.9. The molecule has 3 aromatic carbocycles. The van der Waals surface area contributed by atoms with E-state index in [0.717, 1.165) is 17.0 Å². The number of hydrogen-bond acceptors (Lipinski definition) is 6. The third-order valence-electron chi connectivity index (χ3n) is 8.14. The number of carbonyl (C=O) groups is 1. The monoisotopic (exact) mass is 951 g/mol. The van der Waals surface area contributed by atoms with E-state index in [9.17, 15) is 26.7 Å². The summed E-state index contributed by atoms with van der Waals surface area (Å²) in [6, 6.07) is 19.4. The maximum absolute atomic E-state index is 12.5. The van der Waals surface area contributed by atoms with Gasteiger partial charge in [-0.05, 0) is 46.3 Å². The van der Waals surface area contributed by atoms with Crippen LogP contribution in [0.25, 0.3) is 18.2 Å². The van der Waals surface area contributed by atoms with Crippen molar-refractivity contribution in [3.05, 3.63) is 161 Å². The number of halogens is 3. The van der Waals surface area contributed by atoms with Crippen molar-refractivity contribution in [2.75, 3.05) is 20.3 Å². The summed E-state index contributed by atoms with van der Waals surface area (Å²) in [5, 5.41) is 16.1. The number of hydrogen-bond donors (Lipinski definition) is 2. The Labute approximate surface area is 361 Å². The molecule has 330 valence electrons. The Morgan fingerprint density at radius 3 is 1.34 bits per heavy atom. The molecule has 0 fully saturated rings. The Balaban J connectivity index is -0.000000315. The summed E-state index contributed by atoms with van der Waals surface area (Å²) in [5.74, 6) is -1.04. The van der Waals surface area contributed by atoms with Crippen molar-refractivity contribution in [2.45, 2.75) is 86.0 Å². The Morgan fingerprint density at radius 1 is 0.729 bits per heavy atom. The summed E-state index contributed by atoms with van der Waals surface area (Å²) in [6.45, 7) is 30.1. The first-order valence-electron chi connectivity index (χ1n) is 19.6. The van der Waals surface area contributed by atoms with Crippen molar-refractivity contribution in [1.29, 1.82) is 0 Å². The summed E-state index contributed by atoms with van der Waals surface area (Å²) < 4.78 is 66.5. The maximum Gasteiger partial charge on any atom is 0.0662 e. The van der Waals surface area contributed by atoms with Gasteiger partial charge in [0, 0.05) is 17.2 Å². The molecular formula is C48H70F3O6SSn-. The molecule has 3 aromatic rings. The topological polar surface area (TPSA) is 107 Å². The first-order valence-corrected chi connectivity index (χ1v) is 28.2. The van der Waals surface area contributed by atoms with Gasteiger partial charge in [-0.15, -0.1) is 0 Å². The second-order valence-corrected chi connectivity index (χ2v) is 26.8. The zero-order valence-corrected chi connectivity index (χ0v) is 39.8. The number of allylic oxidation sites excluding steroid dienone is 1. The van der Waals surface area contributed by atoms with Gasteiger partial charge < -0.3 is 19.5 Å². The number of methoxy groups -OCH3 is 1. The third kappa shape index (κ3) is 35.8. The van der Waals surface area contributed by atoms with Crippen molar-refractivity contribution >= 4 is 53.7 Å². The number of ether oxygens (including phenoxy) is 1. The van der Waals surface area contributed by atoms with Crippen LogP contribution in [0.15, 0.2) is 127 Å². The number of esters is 1. The van der Waals surface area contributed by atoms with E-state index in [2.05, 4.69) is 71.9 Å². The summed E-state index contributed by atoms with van der Waals surface area (Å²) in [7, 11) is 1.31. The Bertz CT molecular complexity index is 1520. The fourth-order valence-corrected chi connectivity index (χ4v) is 21.0. The molecule has 0 aromatic heterocycles. The number of benzene rings is 3. The van der Waals surface area contributed by atoms with Crippen molar-refractivity contribution in [3.8, 4) is 0 Å². The van der Waals surface area contributed by atoms with E-state index in [0.29, 0.717) is 11.1 Å². The van der Waals surface area contributed by atoms with Crippen LogP contribution in [0.5, 0.6) is 0 Å². The molecule has 59 heavy (non-hydrogen) atoms. The van der Waals surface area contributed by atoms with Crippen LogP contribution in [0.1, 0.15) is 89.3 Å². The Morgan fingerprint density at radius 2 is 1.14 bits per heavy atom. The number of aliphatic hydroxyl groups excluding tert-OH is 2. The number of aliphatic hydroxyl groups is 2. The van der Waals surface area contributed by atoms with Crippen molar-refractivity contribution in [1.82, 2.24) is 0 Å². The Hall–Kier alpha value is -3.81. The maximum atomic E-state index is 12.5. The van der Waals surface area contributed by atoms with E-state index < -0.39 is 35.4 Å². The van der Waals surface area contributed by atoms with Crippen LogP contribution in [-0.4, -0.2) is 63.6 Å². The van der Waals surface area contributed by atoms with E-state index in [4.69, 9.17) is 10.2 Å². The van der Waals surface area contributed by atoms with E-state index in [-0.39, 0.29) is 30.7 Å². The Kier molecular flexibility index (Phi) is 45.9. The molecule has 1 unspecified atom stereocenters. The average Bonchev–Trinajstić information content (AvgIpc) is 3.27. The third-order valence-corrected chi connectivity index (χ3v) is 24.9. The minimum Gasteiger partial charge on any atom is -0.394 e. The van der Waals surface area contributed by atoms with Crippen molar-refractivity contribution in [2.24, 2.45) is 0 Å². The normalized spacial score (nSPS) is 9.88. The van der Waals surface area contributed by atoms with E-state index in [1.165, 1.54) is 88.5 Å². The fourth-order valence-electron chi connectivity index (χ4n) is 4.82. The van der Waals surface area contributed by atoms with Gasteiger partial charge in [-0.2, -0.15) is 0 Å². The fraction of sp³-hybridized carbons (Fsp3) is 0.354. The van der Waals surface area contributed by atoms with Gasteiger partial charge in [0.15, 0.2) is 0 Å². The SMILES string of the molecule is C=CC(=O)OC.C=CS(=O)[O-].C=Cc1cccc(F)c1.C=Cc1ccccc1F.C=Cc1ccccc1F.C=[C](CC)[Sn]([CH2]CCC)([CH2]CCC)[CH2]CCC.OCCO. The molecule has 0 aliphatic heterocycles. The second-order valence-electron chi connectivity index (χ2n) is 12.4. The van der Waals surface area contributed by atoms with Crippen LogP contribution in [-0.2, 0) is 20.6 Å². The van der Waals surface area contributed by atoms with E-state index in [1.807, 2.05) is 0 Å². The second kappa shape index (κ2) is 43.8. The summed E-state index contributed by atoms with van der Waals surface area (Å²) in [5.41, 5.74) is 1.92. The van der Waals surface area contributed by atoms with Gasteiger partial charge in [-0.1, -0.05) is 99.7 Å². The smallest absolute Gasteiger partial charge is 0.0662 e. The van der Waals surface area contributed by atoms with Gasteiger partial charge in [0.25, 0.3) is 0 Å². The predicted molar refractivity (Wildman–Crippen MR) is 249 cm³/mol. The molecule has 6 nitrogen and oxygen atoms in total. The van der Waals surface area contributed by atoms with Crippen LogP contribution in [0.4, 0.5) is 13.2 Å². The van der Waals surface area contributed by atoms with E-state index in [1.54, 1.807) is 71.5 Å². The number of carbonyl (C=O) groups excluding carboxylic acids is 1. The molecule has 2 N–H and O–H groups in total. The molecule has 0 amide bonds. The first-order chi connectivity index (χ1) is 28.2. The van der Waals surface area contributed by atoms with Gasteiger partial charge in [-0.25, -0.2) is 18.0 Å². The van der Waals surface area contributed by atoms with Gasteiger partial charge in [0.2, 0.25) is 0 Å². The molecule has 3 rings (SSSR count). The zero-order valence-electron chi connectivity index (χ0n) is 36.1. The molecule has 0 bridgehead atoms. The molecule has 0 aliphatic carbocycles. The standard InChI is InChI=1S/3C8H7F.C4H6O2.3C4H9.C4H7.C2H4O2S.C2H6O2.Sn/c1-2-7-4-3-5-8(9)6-7;2*1-2-7-5-3-4-6-8(7)9;1-3-4(5)6-2;4*1-3-4-2;1-2-5(3)4;3-1-2-4;/h3*2-6H,1H2;3H,1H2,2H3;3*1,3-4H2,2H3;1,4H2,2H3;2H,1H2,(H,3,4);3-4H,1-2H2;/p-1. The van der Waals surface area contributed by atoms with Crippen LogP contribution in [0.2, 0.25) is 13.3 Å². The van der Waals surface area contributed by atoms with Gasteiger partial charge in [0.05, 0.1) is 20.3 Å². The molecule has 0 saturated heterocycles. The largest absolute Gasteiger partial charge is 0.394 e. The molecule has 0 aliphatic rings. The molecule has 11 heteroatoms. The van der Waals surface area contributed by atoms with Crippen molar-refractivity contribution in [3.63, 3.8) is 0 Å². The molecular weight excluding hydrogens is 880 g/mol. The van der Waals surface area contributed by atoms with Gasteiger partial charge in [0.1, 0.15) is 17.5 Å². The predicted octanol–water partition coefficient (Wildman–Crippen LogP) is 13.1. The minimum atomic E-state index is -2.06. The van der Waals surface area contributed by atoms with Crippen LogP contribution in [0, 0.1) is 17.5 Å². The van der Waals surface area contributed by atoms with Crippen LogP contribution in [0.3, 0.4) is 0 Å². The summed E-state index contributed by atoms with van der Waals surface area (Å²) >= 11 is -4.05. The number of rotatable bonds is 17. The van der Waals surface area contributed by atoms with Gasteiger partial charge in [-0.3, -0.25) is 4.21 Å². The number of unbranched alkanes of at least 4 members (excludes halogenated alkanes) is 3. The summed E-state index contributed by atoms with van der Waals surface area (Å²) in [6.07, 6.45) is 15.5. The molecule has 0 spiro atoms. The van der Waals surface area contributed by atoms with Crippen LogP contribution >= 0.6 is 0 Å². The van der Waals surface area contributed by atoms with E-state index >= 15 is 0 Å². The van der Waals surface area contributed by atoms with Crippen molar-refractivity contribution < 1.29 is 41.7 Å². The van der Waals surface area contributed by atoms with Crippen LogP contribution < -0.4 is 0 Å². The first kappa shape index (κ1) is 61.8. The van der Waals surface area contributed by atoms with Gasteiger partial charge >= 0.3 is 120 Å². The quantitative estimate of drug-likeness (QED) is 0.0604. The molecule has 0 radical (unpaired) electrons. The molecule has 0 heterocycles. The molecule has 0 saturated carbocycles.